The normalized spacial score (nSPS) is 11.0. The Kier molecular flexibility index (Phi) is 5.18. The van der Waals surface area contributed by atoms with Gasteiger partial charge in [-0.05, 0) is 36.4 Å². The van der Waals surface area contributed by atoms with E-state index in [1.165, 1.54) is 11.9 Å². The predicted octanol–water partition coefficient (Wildman–Crippen LogP) is 4.90. The molecule has 0 spiro atoms. The standard InChI is InChI=1S/C20H16F3N5/c1-27(15-6-4-3-5-7-15)18-17(20(21,22)23)13-25-19(26-18)28(2)16-10-8-14(12-24)9-11-16/h3-11,13H,1-2H3. The molecular formula is C20H16F3N5. The Bertz CT molecular complexity index is 995. The number of nitrogens with zero attached hydrogens (tertiary/aromatic N) is 5. The first-order valence-electron chi connectivity index (χ1n) is 8.28. The van der Waals surface area contributed by atoms with E-state index in [0.29, 0.717) is 16.9 Å². The Hall–Kier alpha value is -3.60. The minimum Gasteiger partial charge on any atom is -0.329 e. The van der Waals surface area contributed by atoms with Crippen molar-refractivity contribution in [3.8, 4) is 6.07 Å². The fourth-order valence-corrected chi connectivity index (χ4v) is 2.63. The average Bonchev–Trinajstić information content (AvgIpc) is 2.72. The molecular weight excluding hydrogens is 367 g/mol. The van der Waals surface area contributed by atoms with Crippen LogP contribution >= 0.6 is 0 Å². The van der Waals surface area contributed by atoms with Crippen molar-refractivity contribution in [3.05, 3.63) is 71.9 Å². The van der Waals surface area contributed by atoms with Crippen LogP contribution < -0.4 is 9.80 Å². The third-order valence-electron chi connectivity index (χ3n) is 4.21. The van der Waals surface area contributed by atoms with Gasteiger partial charge in [0.1, 0.15) is 5.56 Å². The lowest BCUT2D eigenvalue weighted by atomic mass is 10.2. The lowest BCUT2D eigenvalue weighted by Gasteiger charge is -2.25. The van der Waals surface area contributed by atoms with Crippen LogP contribution in [0, 0.1) is 11.3 Å². The molecule has 0 bridgehead atoms. The van der Waals surface area contributed by atoms with Crippen molar-refractivity contribution in [1.82, 2.24) is 9.97 Å². The highest BCUT2D eigenvalue weighted by atomic mass is 19.4. The van der Waals surface area contributed by atoms with Crippen LogP contribution in [0.25, 0.3) is 0 Å². The number of anilines is 4. The van der Waals surface area contributed by atoms with Crippen LogP contribution in [0.3, 0.4) is 0 Å². The van der Waals surface area contributed by atoms with E-state index in [9.17, 15) is 13.2 Å². The molecule has 8 heteroatoms. The second-order valence-corrected chi connectivity index (χ2v) is 6.02. The molecule has 1 aromatic heterocycles. The first-order valence-corrected chi connectivity index (χ1v) is 8.28. The quantitative estimate of drug-likeness (QED) is 0.641. The number of hydrogen-bond acceptors (Lipinski definition) is 5. The van der Waals surface area contributed by atoms with Gasteiger partial charge in [-0.25, -0.2) is 4.98 Å². The summed E-state index contributed by atoms with van der Waals surface area (Å²) in [5.74, 6) is -0.139. The van der Waals surface area contributed by atoms with Crippen molar-refractivity contribution in [2.45, 2.75) is 6.18 Å². The van der Waals surface area contributed by atoms with Gasteiger partial charge in [0.05, 0.1) is 11.6 Å². The van der Waals surface area contributed by atoms with Crippen molar-refractivity contribution >= 4 is 23.1 Å². The highest BCUT2D eigenvalue weighted by Crippen LogP contribution is 2.38. The molecule has 0 amide bonds. The summed E-state index contributed by atoms with van der Waals surface area (Å²) in [5, 5.41) is 8.90. The summed E-state index contributed by atoms with van der Waals surface area (Å²) < 4.78 is 40.5. The average molecular weight is 383 g/mol. The number of nitriles is 1. The monoisotopic (exact) mass is 383 g/mol. The fourth-order valence-electron chi connectivity index (χ4n) is 2.63. The van der Waals surface area contributed by atoms with Gasteiger partial charge >= 0.3 is 6.18 Å². The Morgan fingerprint density at radius 1 is 0.893 bits per heavy atom. The van der Waals surface area contributed by atoms with Crippen LogP contribution in [-0.2, 0) is 6.18 Å². The van der Waals surface area contributed by atoms with E-state index in [-0.39, 0.29) is 11.8 Å². The van der Waals surface area contributed by atoms with E-state index >= 15 is 0 Å². The van der Waals surface area contributed by atoms with Gasteiger partial charge in [-0.3, -0.25) is 0 Å². The number of hydrogen-bond donors (Lipinski definition) is 0. The van der Waals surface area contributed by atoms with Crippen LogP contribution in [-0.4, -0.2) is 24.1 Å². The molecule has 5 nitrogen and oxygen atoms in total. The van der Waals surface area contributed by atoms with Crippen molar-refractivity contribution < 1.29 is 13.2 Å². The van der Waals surface area contributed by atoms with Gasteiger partial charge in [0.2, 0.25) is 5.95 Å². The van der Waals surface area contributed by atoms with Crippen molar-refractivity contribution in [2.24, 2.45) is 0 Å². The number of rotatable bonds is 4. The molecule has 0 aliphatic carbocycles. The Balaban J connectivity index is 2.05. The Morgan fingerprint density at radius 2 is 1.50 bits per heavy atom. The predicted molar refractivity (Wildman–Crippen MR) is 101 cm³/mol. The maximum absolute atomic E-state index is 13.5. The molecule has 1 heterocycles. The van der Waals surface area contributed by atoms with Crippen LogP contribution in [0.1, 0.15) is 11.1 Å². The highest BCUT2D eigenvalue weighted by molar-refractivity contribution is 5.65. The second kappa shape index (κ2) is 7.56. The van der Waals surface area contributed by atoms with Gasteiger partial charge in [-0.1, -0.05) is 18.2 Å². The first kappa shape index (κ1) is 19.2. The molecule has 0 fully saturated rings. The van der Waals surface area contributed by atoms with Crippen LogP contribution in [0.2, 0.25) is 0 Å². The molecule has 3 aromatic rings. The van der Waals surface area contributed by atoms with Gasteiger partial charge in [0, 0.05) is 31.7 Å². The smallest absolute Gasteiger partial charge is 0.329 e. The summed E-state index contributed by atoms with van der Waals surface area (Å²) in [7, 11) is 3.18. The maximum Gasteiger partial charge on any atom is 0.421 e. The molecule has 0 radical (unpaired) electrons. The number of para-hydroxylation sites is 1. The van der Waals surface area contributed by atoms with Crippen LogP contribution in [0.5, 0.6) is 0 Å². The minimum atomic E-state index is -4.59. The molecule has 0 unspecified atom stereocenters. The van der Waals surface area contributed by atoms with E-state index in [1.807, 2.05) is 6.07 Å². The van der Waals surface area contributed by atoms with Crippen molar-refractivity contribution in [2.75, 3.05) is 23.9 Å². The molecule has 0 saturated heterocycles. The molecule has 0 saturated carbocycles. The van der Waals surface area contributed by atoms with Gasteiger partial charge in [-0.15, -0.1) is 0 Å². The van der Waals surface area contributed by atoms with E-state index in [2.05, 4.69) is 9.97 Å². The van der Waals surface area contributed by atoms with E-state index in [4.69, 9.17) is 5.26 Å². The first-order chi connectivity index (χ1) is 13.3. The summed E-state index contributed by atoms with van der Waals surface area (Å²) in [6.45, 7) is 0. The largest absolute Gasteiger partial charge is 0.421 e. The third-order valence-corrected chi connectivity index (χ3v) is 4.21. The lowest BCUT2D eigenvalue weighted by Crippen LogP contribution is -2.21. The maximum atomic E-state index is 13.5. The number of alkyl halides is 3. The molecule has 28 heavy (non-hydrogen) atoms. The molecule has 0 N–H and O–H groups in total. The van der Waals surface area contributed by atoms with Gasteiger partial charge in [-0.2, -0.15) is 23.4 Å². The second-order valence-electron chi connectivity index (χ2n) is 6.02. The van der Waals surface area contributed by atoms with Gasteiger partial charge < -0.3 is 9.80 Å². The topological polar surface area (TPSA) is 56.1 Å². The summed E-state index contributed by atoms with van der Waals surface area (Å²) >= 11 is 0. The van der Waals surface area contributed by atoms with Gasteiger partial charge in [0.25, 0.3) is 0 Å². The van der Waals surface area contributed by atoms with E-state index in [1.54, 1.807) is 66.5 Å². The SMILES string of the molecule is CN(c1ccc(C#N)cc1)c1ncc(C(F)(F)F)c(N(C)c2ccccc2)n1. The van der Waals surface area contributed by atoms with Crippen molar-refractivity contribution in [1.29, 1.82) is 5.26 Å². The molecule has 142 valence electrons. The van der Waals surface area contributed by atoms with Crippen LogP contribution in [0.4, 0.5) is 36.3 Å². The van der Waals surface area contributed by atoms with E-state index < -0.39 is 11.7 Å². The summed E-state index contributed by atoms with van der Waals surface area (Å²) in [6, 6.07) is 17.3. The van der Waals surface area contributed by atoms with Gasteiger partial charge in [0.15, 0.2) is 5.82 Å². The lowest BCUT2D eigenvalue weighted by molar-refractivity contribution is -0.137. The highest BCUT2D eigenvalue weighted by Gasteiger charge is 2.36. The van der Waals surface area contributed by atoms with E-state index in [0.717, 1.165) is 6.20 Å². The minimum absolute atomic E-state index is 0.107. The molecule has 0 atom stereocenters. The third kappa shape index (κ3) is 3.88. The summed E-state index contributed by atoms with van der Waals surface area (Å²) in [4.78, 5) is 11.0. The van der Waals surface area contributed by atoms with Crippen LogP contribution in [0.15, 0.2) is 60.8 Å². The Morgan fingerprint density at radius 3 is 2.07 bits per heavy atom. The molecule has 2 aromatic carbocycles. The van der Waals surface area contributed by atoms with Crippen molar-refractivity contribution in [3.63, 3.8) is 0 Å². The number of aromatic nitrogens is 2. The molecule has 0 aliphatic heterocycles. The zero-order valence-electron chi connectivity index (χ0n) is 15.1. The zero-order valence-corrected chi connectivity index (χ0v) is 15.1. The Labute approximate surface area is 160 Å². The summed E-state index contributed by atoms with van der Waals surface area (Å²) in [5.41, 5.74) is 0.775. The number of halogens is 3. The number of benzene rings is 2. The molecule has 3 rings (SSSR count). The zero-order chi connectivity index (χ0) is 20.3. The fraction of sp³-hybridized carbons (Fsp3) is 0.150. The summed E-state index contributed by atoms with van der Waals surface area (Å²) in [6.07, 6.45) is -3.80. The molecule has 0 aliphatic rings.